The molecule has 1 spiro atoms. The average Bonchev–Trinajstić information content (AvgIpc) is 3.01. The summed E-state index contributed by atoms with van der Waals surface area (Å²) in [6.45, 7) is 6.11. The van der Waals surface area contributed by atoms with Crippen LogP contribution < -0.4 is 0 Å². The van der Waals surface area contributed by atoms with E-state index in [0.29, 0.717) is 32.6 Å². The van der Waals surface area contributed by atoms with Crippen LogP contribution in [-0.2, 0) is 14.4 Å². The quantitative estimate of drug-likeness (QED) is 0.621. The number of unbranched alkanes of at least 4 members (excludes halogenated alkanes) is 1. The van der Waals surface area contributed by atoms with Crippen LogP contribution in [0.4, 0.5) is 0 Å². The van der Waals surface area contributed by atoms with E-state index in [-0.39, 0.29) is 24.3 Å². The molecule has 1 N–H and O–H groups in total. The third-order valence-corrected chi connectivity index (χ3v) is 8.98. The first-order chi connectivity index (χ1) is 14.8. The Hall–Kier alpha value is -1.80. The molecule has 0 saturated carbocycles. The molecule has 4 rings (SSSR count). The Morgan fingerprint density at radius 3 is 2.48 bits per heavy atom. The van der Waals surface area contributed by atoms with E-state index in [1.807, 2.05) is 24.0 Å². The number of fused-ring (bicyclic) bond motifs is 2. The molecule has 8 heteroatoms. The normalized spacial score (nSPS) is 37.1. The van der Waals surface area contributed by atoms with Crippen LogP contribution in [0.5, 0.6) is 0 Å². The molecule has 0 radical (unpaired) electrons. The maximum absolute atomic E-state index is 13.8. The molecule has 0 aromatic heterocycles. The summed E-state index contributed by atoms with van der Waals surface area (Å²) < 4.78 is -1.32. The summed E-state index contributed by atoms with van der Waals surface area (Å²) >= 11 is 1.61. The van der Waals surface area contributed by atoms with Crippen LogP contribution in [0.1, 0.15) is 33.1 Å². The number of thioether (sulfide) groups is 1. The zero-order valence-corrected chi connectivity index (χ0v) is 19.4. The third kappa shape index (κ3) is 3.33. The van der Waals surface area contributed by atoms with Crippen molar-refractivity contribution in [1.29, 1.82) is 0 Å². The number of aliphatic hydroxyl groups excluding tert-OH is 1. The van der Waals surface area contributed by atoms with Gasteiger partial charge < -0.3 is 19.8 Å². The maximum Gasteiger partial charge on any atom is 0.247 e. The van der Waals surface area contributed by atoms with Gasteiger partial charge in [0, 0.05) is 44.6 Å². The van der Waals surface area contributed by atoms with Gasteiger partial charge in [-0.1, -0.05) is 37.6 Å². The van der Waals surface area contributed by atoms with Gasteiger partial charge >= 0.3 is 0 Å². The maximum atomic E-state index is 13.8. The SMILES string of the molecule is CCCCN1CC=C[C@]23S[C@]4(C)C=CCN(C)C(=O)[C@@H]4[C@H]2C(=O)N(CCCO)C3C1=O. The Morgan fingerprint density at radius 2 is 1.77 bits per heavy atom. The fourth-order valence-electron chi connectivity index (χ4n) is 5.72. The van der Waals surface area contributed by atoms with Crippen molar-refractivity contribution >= 4 is 29.5 Å². The summed E-state index contributed by atoms with van der Waals surface area (Å²) in [6, 6.07) is -0.646. The van der Waals surface area contributed by atoms with E-state index >= 15 is 0 Å². The number of hydrogen-bond donors (Lipinski definition) is 1. The monoisotopic (exact) mass is 447 g/mol. The molecule has 0 aromatic carbocycles. The average molecular weight is 448 g/mol. The van der Waals surface area contributed by atoms with Gasteiger partial charge in [-0.2, -0.15) is 0 Å². The van der Waals surface area contributed by atoms with Crippen LogP contribution >= 0.6 is 11.8 Å². The summed E-state index contributed by atoms with van der Waals surface area (Å²) in [4.78, 5) is 46.3. The molecule has 5 atom stereocenters. The molecule has 2 fully saturated rings. The van der Waals surface area contributed by atoms with Gasteiger partial charge in [-0.3, -0.25) is 14.4 Å². The number of amides is 3. The molecule has 170 valence electrons. The van der Waals surface area contributed by atoms with Gasteiger partial charge in [0.25, 0.3) is 0 Å². The highest BCUT2D eigenvalue weighted by Crippen LogP contribution is 2.65. The number of carbonyl (C=O) groups is 3. The van der Waals surface area contributed by atoms with Crippen LogP contribution in [0.2, 0.25) is 0 Å². The van der Waals surface area contributed by atoms with E-state index in [0.717, 1.165) is 12.8 Å². The van der Waals surface area contributed by atoms with Crippen LogP contribution in [-0.4, -0.2) is 92.9 Å². The zero-order valence-electron chi connectivity index (χ0n) is 18.6. The Labute approximate surface area is 188 Å². The molecule has 1 unspecified atom stereocenters. The molecular formula is C23H33N3O4S. The lowest BCUT2D eigenvalue weighted by Gasteiger charge is -2.36. The predicted molar refractivity (Wildman–Crippen MR) is 120 cm³/mol. The number of carbonyl (C=O) groups excluding carboxylic acids is 3. The highest BCUT2D eigenvalue weighted by atomic mass is 32.2. The fraction of sp³-hybridized carbons (Fsp3) is 0.696. The van der Waals surface area contributed by atoms with E-state index in [2.05, 4.69) is 19.1 Å². The van der Waals surface area contributed by atoms with Crippen molar-refractivity contribution in [3.05, 3.63) is 24.3 Å². The second kappa shape index (κ2) is 8.28. The van der Waals surface area contributed by atoms with Crippen LogP contribution in [0.3, 0.4) is 0 Å². The minimum Gasteiger partial charge on any atom is -0.396 e. The smallest absolute Gasteiger partial charge is 0.247 e. The lowest BCUT2D eigenvalue weighted by molar-refractivity contribution is -0.144. The standard InChI is InChI=1S/C23H33N3O4S/c1-4-5-12-25-13-7-10-23-17(20(29)26(14-8-15-27)18(23)21(25)30)16-19(28)24(3)11-6-9-22(16,2)31-23/h6-7,9-10,16-18,27H,4-5,8,11-15H2,1-3H3/t16-,17-,18?,22+,23-/m0/s1. The molecule has 3 amide bonds. The lowest BCUT2D eigenvalue weighted by atomic mass is 9.74. The second-order valence-electron chi connectivity index (χ2n) is 9.27. The summed E-state index contributed by atoms with van der Waals surface area (Å²) in [7, 11) is 1.77. The van der Waals surface area contributed by atoms with E-state index < -0.39 is 27.4 Å². The largest absolute Gasteiger partial charge is 0.396 e. The minimum absolute atomic E-state index is 0.0362. The number of aliphatic hydroxyl groups is 1. The molecule has 0 bridgehead atoms. The van der Waals surface area contributed by atoms with Gasteiger partial charge in [0.05, 0.1) is 16.6 Å². The Morgan fingerprint density at radius 1 is 1.03 bits per heavy atom. The van der Waals surface area contributed by atoms with Crippen molar-refractivity contribution in [1.82, 2.24) is 14.7 Å². The number of nitrogens with zero attached hydrogens (tertiary/aromatic N) is 3. The summed E-state index contributed by atoms with van der Waals surface area (Å²) in [5.74, 6) is -1.31. The van der Waals surface area contributed by atoms with Gasteiger partial charge in [0.1, 0.15) is 6.04 Å². The molecule has 4 aliphatic heterocycles. The third-order valence-electron chi connectivity index (χ3n) is 7.18. The van der Waals surface area contributed by atoms with Crippen molar-refractivity contribution in [2.45, 2.75) is 48.6 Å². The molecule has 7 nitrogen and oxygen atoms in total. The Bertz CT molecular complexity index is 830. The van der Waals surface area contributed by atoms with E-state index in [1.165, 1.54) is 0 Å². The van der Waals surface area contributed by atoms with Gasteiger partial charge in [0.15, 0.2) is 0 Å². The van der Waals surface area contributed by atoms with E-state index in [9.17, 15) is 19.5 Å². The molecule has 2 saturated heterocycles. The van der Waals surface area contributed by atoms with Crippen molar-refractivity contribution in [3.63, 3.8) is 0 Å². The van der Waals surface area contributed by atoms with Crippen LogP contribution in [0.25, 0.3) is 0 Å². The van der Waals surface area contributed by atoms with Gasteiger partial charge in [-0.05, 0) is 19.8 Å². The molecule has 0 aliphatic carbocycles. The number of likely N-dealkylation sites (N-methyl/N-ethyl adjacent to an activating group) is 1. The van der Waals surface area contributed by atoms with E-state index in [1.54, 1.807) is 28.6 Å². The molecule has 4 aliphatic rings. The van der Waals surface area contributed by atoms with Crippen LogP contribution in [0.15, 0.2) is 24.3 Å². The summed E-state index contributed by atoms with van der Waals surface area (Å²) in [6.07, 6.45) is 10.4. The van der Waals surface area contributed by atoms with Gasteiger partial charge in [-0.15, -0.1) is 11.8 Å². The van der Waals surface area contributed by atoms with Crippen molar-refractivity contribution in [2.75, 3.05) is 39.8 Å². The molecule has 4 heterocycles. The fourth-order valence-corrected chi connectivity index (χ4v) is 7.88. The number of likely N-dealkylation sites (tertiary alicyclic amines) is 1. The first kappa shape index (κ1) is 22.4. The topological polar surface area (TPSA) is 81.2 Å². The van der Waals surface area contributed by atoms with Crippen LogP contribution in [0, 0.1) is 11.8 Å². The molecular weight excluding hydrogens is 414 g/mol. The Balaban J connectivity index is 1.82. The predicted octanol–water partition coefficient (Wildman–Crippen LogP) is 1.28. The summed E-state index contributed by atoms with van der Waals surface area (Å²) in [5, 5.41) is 9.42. The van der Waals surface area contributed by atoms with Gasteiger partial charge in [-0.25, -0.2) is 0 Å². The van der Waals surface area contributed by atoms with E-state index in [4.69, 9.17) is 0 Å². The first-order valence-corrected chi connectivity index (χ1v) is 12.1. The minimum atomic E-state index is -0.776. The number of rotatable bonds is 6. The number of hydrogen-bond acceptors (Lipinski definition) is 5. The van der Waals surface area contributed by atoms with Crippen molar-refractivity contribution in [2.24, 2.45) is 11.8 Å². The first-order valence-electron chi connectivity index (χ1n) is 11.3. The molecule has 31 heavy (non-hydrogen) atoms. The second-order valence-corrected chi connectivity index (χ2v) is 11.1. The summed E-state index contributed by atoms with van der Waals surface area (Å²) in [5.41, 5.74) is 0. The Kier molecular flexibility index (Phi) is 5.98. The zero-order chi connectivity index (χ0) is 22.4. The van der Waals surface area contributed by atoms with Crippen molar-refractivity contribution < 1.29 is 19.5 Å². The van der Waals surface area contributed by atoms with Gasteiger partial charge in [0.2, 0.25) is 17.7 Å². The molecule has 0 aromatic rings. The lowest BCUT2D eigenvalue weighted by Crippen LogP contribution is -2.53. The highest BCUT2D eigenvalue weighted by molar-refractivity contribution is 8.02. The van der Waals surface area contributed by atoms with Crippen molar-refractivity contribution in [3.8, 4) is 0 Å². The highest BCUT2D eigenvalue weighted by Gasteiger charge is 2.73.